The van der Waals surface area contributed by atoms with Crippen molar-refractivity contribution in [3.05, 3.63) is 113 Å². The minimum Gasteiger partial charge on any atom is -0.370 e. The fraction of sp³-hybridized carbons (Fsp3) is 0.412. The van der Waals surface area contributed by atoms with E-state index in [1.165, 1.54) is 23.6 Å². The molecule has 382 valence electrons. The van der Waals surface area contributed by atoms with Gasteiger partial charge in [-0.2, -0.15) is 0 Å². The summed E-state index contributed by atoms with van der Waals surface area (Å²) in [5, 5.41) is 16.3. The molecule has 0 aliphatic carbocycles. The lowest BCUT2D eigenvalue weighted by molar-refractivity contribution is -0.144. The maximum absolute atomic E-state index is 14.9. The van der Waals surface area contributed by atoms with Crippen LogP contribution in [0.25, 0.3) is 10.8 Å². The van der Waals surface area contributed by atoms with E-state index in [9.17, 15) is 38.4 Å². The molecule has 8 amide bonds. The second kappa shape index (κ2) is 25.5. The molecule has 6 rings (SSSR count). The van der Waals surface area contributed by atoms with E-state index < -0.39 is 89.6 Å². The summed E-state index contributed by atoms with van der Waals surface area (Å²) in [5.74, 6) is -5.05. The number of primary amides is 1. The average molecular weight is 1010 g/mol. The lowest BCUT2D eigenvalue weighted by Crippen LogP contribution is -2.60. The number of hydrogen-bond donors (Lipinski definition) is 8. The summed E-state index contributed by atoms with van der Waals surface area (Å²) in [6.07, 6.45) is 3.34. The van der Waals surface area contributed by atoms with Crippen LogP contribution in [-0.2, 0) is 57.6 Å². The second-order valence-corrected chi connectivity index (χ2v) is 18.6. The normalized spacial score (nSPS) is 17.4. The maximum atomic E-state index is 14.9. The number of nitrogens with zero attached hydrogens (tertiary/aromatic N) is 4. The standard InChI is InChI=1S/C51H63ClN12O8/c1-30(44(53)66)58-47(69)42-14-8-24-63(42)49(71)38(13-7-23-57-51(54)55)60-48(70)43-15-9-25-64(43)50(72)41(29-37-12-5-6-22-56-37)62-46(68)40(27-32-17-20-36(52)21-18-32)61-45(67)39(59-31(2)65)28-33-16-19-34-10-3-4-11-35(34)26-33/h3-6,10-12,16-22,26,30,38-43H,7-9,13-15,23-25,27-29H2,1-2H3,(H2,53,66)(H,58,69)(H,59,65)(H,60,70)(H,61,67)(H,62,68)(H4,54,55,57)/t30-,38+,39-,40+,41+,42+,43+/m0/s1. The number of aliphatic imine (C=N–C) groups is 1. The lowest BCUT2D eigenvalue weighted by atomic mass is 9.99. The monoisotopic (exact) mass is 1010 g/mol. The lowest BCUT2D eigenvalue weighted by Gasteiger charge is -2.32. The highest BCUT2D eigenvalue weighted by molar-refractivity contribution is 6.30. The maximum Gasteiger partial charge on any atom is 0.246 e. The number of carbonyl (C=O) groups excluding carboxylic acids is 8. The number of carbonyl (C=O) groups is 8. The molecule has 2 fully saturated rings. The van der Waals surface area contributed by atoms with Gasteiger partial charge in [0.05, 0.1) is 0 Å². The Hall–Kier alpha value is -7.61. The van der Waals surface area contributed by atoms with E-state index in [1.54, 1.807) is 48.7 Å². The molecule has 2 saturated heterocycles. The number of aromatic nitrogens is 1. The van der Waals surface area contributed by atoms with Gasteiger partial charge < -0.3 is 53.6 Å². The van der Waals surface area contributed by atoms with Crippen LogP contribution in [0.3, 0.4) is 0 Å². The van der Waals surface area contributed by atoms with Crippen molar-refractivity contribution < 1.29 is 38.4 Å². The molecule has 20 nitrogen and oxygen atoms in total. The highest BCUT2D eigenvalue weighted by Crippen LogP contribution is 2.24. The topological polar surface area (TPSA) is 306 Å². The van der Waals surface area contributed by atoms with E-state index in [0.29, 0.717) is 35.5 Å². The van der Waals surface area contributed by atoms with Crippen LogP contribution in [0.1, 0.15) is 69.2 Å². The minimum atomic E-state index is -1.29. The van der Waals surface area contributed by atoms with Gasteiger partial charge in [0.15, 0.2) is 5.96 Å². The van der Waals surface area contributed by atoms with Gasteiger partial charge >= 0.3 is 0 Å². The third-order valence-electron chi connectivity index (χ3n) is 12.7. The Kier molecular flexibility index (Phi) is 19.0. The van der Waals surface area contributed by atoms with Crippen LogP contribution in [0, 0.1) is 0 Å². The summed E-state index contributed by atoms with van der Waals surface area (Å²) < 4.78 is 0. The van der Waals surface area contributed by atoms with Crippen molar-refractivity contribution in [3.8, 4) is 0 Å². The van der Waals surface area contributed by atoms with Crippen molar-refractivity contribution in [1.29, 1.82) is 0 Å². The van der Waals surface area contributed by atoms with Crippen LogP contribution in [0.15, 0.2) is 96.1 Å². The van der Waals surface area contributed by atoms with E-state index in [4.69, 9.17) is 28.8 Å². The number of guanidine groups is 1. The Bertz CT molecular complexity index is 2630. The van der Waals surface area contributed by atoms with Gasteiger partial charge in [-0.3, -0.25) is 48.3 Å². The molecule has 0 radical (unpaired) electrons. The van der Waals surface area contributed by atoms with Crippen LogP contribution in [0.4, 0.5) is 0 Å². The zero-order valence-corrected chi connectivity index (χ0v) is 41.1. The number of fused-ring (bicyclic) bond motifs is 1. The molecule has 72 heavy (non-hydrogen) atoms. The fourth-order valence-corrected chi connectivity index (χ4v) is 9.14. The molecule has 7 atom stereocenters. The first kappa shape index (κ1) is 53.7. The number of halogens is 1. The quantitative estimate of drug-likeness (QED) is 0.0311. The van der Waals surface area contributed by atoms with Gasteiger partial charge in [-0.15, -0.1) is 0 Å². The molecule has 21 heteroatoms. The Morgan fingerprint density at radius 2 is 1.24 bits per heavy atom. The first-order valence-electron chi connectivity index (χ1n) is 24.0. The number of likely N-dealkylation sites (tertiary alicyclic amines) is 2. The third-order valence-corrected chi connectivity index (χ3v) is 13.0. The summed E-state index contributed by atoms with van der Waals surface area (Å²) in [5.41, 5.74) is 18.3. The zero-order chi connectivity index (χ0) is 51.9. The number of rotatable bonds is 22. The van der Waals surface area contributed by atoms with Crippen LogP contribution in [0.2, 0.25) is 5.02 Å². The van der Waals surface area contributed by atoms with E-state index in [2.05, 4.69) is 36.6 Å². The van der Waals surface area contributed by atoms with Gasteiger partial charge in [-0.25, -0.2) is 0 Å². The highest BCUT2D eigenvalue weighted by atomic mass is 35.5. The molecular weight excluding hydrogens is 944 g/mol. The Labute approximate surface area is 422 Å². The molecule has 1 aromatic heterocycles. The van der Waals surface area contributed by atoms with E-state index in [1.807, 2.05) is 42.5 Å². The first-order valence-corrected chi connectivity index (χ1v) is 24.4. The Morgan fingerprint density at radius 1 is 0.667 bits per heavy atom. The van der Waals surface area contributed by atoms with Gasteiger partial charge in [0, 0.05) is 62.7 Å². The molecule has 2 aliphatic rings. The number of benzene rings is 3. The first-order chi connectivity index (χ1) is 34.5. The van der Waals surface area contributed by atoms with Crippen LogP contribution in [0.5, 0.6) is 0 Å². The molecule has 2 aliphatic heterocycles. The van der Waals surface area contributed by atoms with Crippen molar-refractivity contribution >= 4 is 75.6 Å². The molecular formula is C51H63ClN12O8. The molecule has 3 heterocycles. The van der Waals surface area contributed by atoms with Crippen molar-refractivity contribution in [2.75, 3.05) is 19.6 Å². The van der Waals surface area contributed by atoms with Gasteiger partial charge in [-0.05, 0) is 91.6 Å². The third kappa shape index (κ3) is 15.0. The zero-order valence-electron chi connectivity index (χ0n) is 40.4. The Balaban J connectivity index is 1.24. The molecule has 11 N–H and O–H groups in total. The van der Waals surface area contributed by atoms with E-state index >= 15 is 0 Å². The summed E-state index contributed by atoms with van der Waals surface area (Å²) in [6.45, 7) is 3.22. The summed E-state index contributed by atoms with van der Waals surface area (Å²) in [4.78, 5) is 121. The number of amides is 8. The van der Waals surface area contributed by atoms with Crippen LogP contribution in [-0.4, -0.2) is 130 Å². The highest BCUT2D eigenvalue weighted by Gasteiger charge is 2.42. The molecule has 0 saturated carbocycles. The minimum absolute atomic E-state index is 0.0287. The number of nitrogens with two attached hydrogens (primary N) is 3. The van der Waals surface area contributed by atoms with E-state index in [-0.39, 0.29) is 64.1 Å². The summed E-state index contributed by atoms with van der Waals surface area (Å²) in [7, 11) is 0. The fourth-order valence-electron chi connectivity index (χ4n) is 9.01. The van der Waals surface area contributed by atoms with Crippen molar-refractivity contribution in [2.45, 2.75) is 114 Å². The molecule has 0 unspecified atom stereocenters. The predicted molar refractivity (Wildman–Crippen MR) is 270 cm³/mol. The largest absolute Gasteiger partial charge is 0.370 e. The number of hydrogen-bond acceptors (Lipinski definition) is 10. The van der Waals surface area contributed by atoms with E-state index in [0.717, 1.165) is 16.3 Å². The van der Waals surface area contributed by atoms with Crippen molar-refractivity contribution in [1.82, 2.24) is 41.4 Å². The van der Waals surface area contributed by atoms with Gasteiger partial charge in [0.1, 0.15) is 42.3 Å². The van der Waals surface area contributed by atoms with Crippen LogP contribution < -0.4 is 43.8 Å². The van der Waals surface area contributed by atoms with Gasteiger partial charge in [0.25, 0.3) is 0 Å². The average Bonchev–Trinajstić information content (AvgIpc) is 4.06. The predicted octanol–water partition coefficient (Wildman–Crippen LogP) is 0.901. The SMILES string of the molecule is CC(=O)N[C@@H](Cc1ccc2ccccc2c1)C(=O)N[C@H](Cc1ccc(Cl)cc1)C(=O)N[C@H](Cc1ccccn1)C(=O)N1CCC[C@@H]1C(=O)N[C@H](CCCN=C(N)N)C(=O)N1CCC[C@@H]1C(=O)N[C@@H](C)C(N)=O. The molecule has 0 bridgehead atoms. The Morgan fingerprint density at radius 3 is 1.85 bits per heavy atom. The second-order valence-electron chi connectivity index (χ2n) is 18.1. The number of pyridine rings is 1. The smallest absolute Gasteiger partial charge is 0.246 e. The molecule has 3 aromatic carbocycles. The van der Waals surface area contributed by atoms with Crippen molar-refractivity contribution in [3.63, 3.8) is 0 Å². The van der Waals surface area contributed by atoms with Crippen molar-refractivity contribution in [2.24, 2.45) is 22.2 Å². The molecule has 0 spiro atoms. The van der Waals surface area contributed by atoms with Crippen LogP contribution >= 0.6 is 11.6 Å². The van der Waals surface area contributed by atoms with Gasteiger partial charge in [-0.1, -0.05) is 72.3 Å². The van der Waals surface area contributed by atoms with Gasteiger partial charge in [0.2, 0.25) is 47.3 Å². The number of nitrogens with one attached hydrogen (secondary N) is 5. The molecule has 4 aromatic rings. The summed E-state index contributed by atoms with van der Waals surface area (Å²) >= 11 is 6.20. The summed E-state index contributed by atoms with van der Waals surface area (Å²) in [6, 6.07) is 17.5.